The van der Waals surface area contributed by atoms with E-state index in [-0.39, 0.29) is 12.8 Å². The molecule has 0 amide bonds. The van der Waals surface area contributed by atoms with Crippen LogP contribution in [0.1, 0.15) is 58.8 Å². The molecule has 0 rings (SSSR count). The maximum Gasteiger partial charge on any atom is 0.307 e. The lowest BCUT2D eigenvalue weighted by atomic mass is 10.2. The van der Waals surface area contributed by atoms with Crippen LogP contribution in [0.3, 0.4) is 0 Å². The molecule has 2 atom stereocenters. The molecular formula is C19H22N2O4. The van der Waals surface area contributed by atoms with E-state index in [1.165, 1.54) is 0 Å². The van der Waals surface area contributed by atoms with Crippen molar-refractivity contribution in [2.75, 3.05) is 0 Å². The standard InChI is InChI=1S/C19H22N2O4/c1-16(10-5-3-7-14-20)24-18(22)12-9-13-19(23)25-17(2)11-6-4-8-15-21/h16-17H,3-4,7-9,12-13H2,1-2H3. The van der Waals surface area contributed by atoms with Crippen molar-refractivity contribution in [2.24, 2.45) is 0 Å². The third-order valence-corrected chi connectivity index (χ3v) is 2.71. The van der Waals surface area contributed by atoms with E-state index in [0.717, 1.165) is 0 Å². The summed E-state index contributed by atoms with van der Waals surface area (Å²) in [5.74, 6) is 10.1. The van der Waals surface area contributed by atoms with Crippen LogP contribution in [0.25, 0.3) is 0 Å². The van der Waals surface area contributed by atoms with Crippen LogP contribution in [0.15, 0.2) is 0 Å². The van der Waals surface area contributed by atoms with Crippen LogP contribution in [0, 0.1) is 46.3 Å². The molecule has 0 aromatic heterocycles. The smallest absolute Gasteiger partial charge is 0.307 e. The Labute approximate surface area is 149 Å². The largest absolute Gasteiger partial charge is 0.449 e. The van der Waals surface area contributed by atoms with Gasteiger partial charge in [0.15, 0.2) is 12.2 Å². The topological polar surface area (TPSA) is 100 Å². The molecule has 6 nitrogen and oxygen atoms in total. The van der Waals surface area contributed by atoms with Gasteiger partial charge >= 0.3 is 11.9 Å². The summed E-state index contributed by atoms with van der Waals surface area (Å²) in [4.78, 5) is 23.2. The Hall–Kier alpha value is -2.96. The van der Waals surface area contributed by atoms with E-state index in [4.69, 9.17) is 20.0 Å². The van der Waals surface area contributed by atoms with E-state index in [2.05, 4.69) is 23.7 Å². The molecule has 2 unspecified atom stereocenters. The summed E-state index contributed by atoms with van der Waals surface area (Å²) in [5, 5.41) is 16.8. The van der Waals surface area contributed by atoms with Gasteiger partial charge in [0.2, 0.25) is 0 Å². The molecule has 0 aliphatic heterocycles. The average Bonchev–Trinajstić information content (AvgIpc) is 2.55. The number of nitriles is 2. The first-order chi connectivity index (χ1) is 12.0. The first-order valence-corrected chi connectivity index (χ1v) is 8.09. The van der Waals surface area contributed by atoms with Crippen LogP contribution >= 0.6 is 0 Å². The number of unbranched alkanes of at least 4 members (excludes halogenated alkanes) is 2. The van der Waals surface area contributed by atoms with Crippen molar-refractivity contribution in [3.05, 3.63) is 0 Å². The Balaban J connectivity index is 3.93. The minimum Gasteiger partial charge on any atom is -0.449 e. The van der Waals surface area contributed by atoms with Crippen LogP contribution in [0.4, 0.5) is 0 Å². The molecule has 0 aliphatic carbocycles. The van der Waals surface area contributed by atoms with Crippen molar-refractivity contribution >= 4 is 11.9 Å². The SMILES string of the molecule is CC(C#CCCC#N)OC(=O)CCCC(=O)OC(C)C#CCCC#N. The normalized spacial score (nSPS) is 11.2. The van der Waals surface area contributed by atoms with E-state index in [0.29, 0.717) is 32.1 Å². The van der Waals surface area contributed by atoms with Crippen molar-refractivity contribution in [1.82, 2.24) is 0 Å². The molecule has 0 heterocycles. The van der Waals surface area contributed by atoms with Crippen LogP contribution in [0.5, 0.6) is 0 Å². The highest BCUT2D eigenvalue weighted by molar-refractivity contribution is 5.73. The van der Waals surface area contributed by atoms with Crippen LogP contribution in [-0.4, -0.2) is 24.1 Å². The highest BCUT2D eigenvalue weighted by Gasteiger charge is 2.11. The van der Waals surface area contributed by atoms with Gasteiger partial charge in [-0.3, -0.25) is 9.59 Å². The molecule has 0 aromatic rings. The summed E-state index contributed by atoms with van der Waals surface area (Å²) < 4.78 is 10.1. The lowest BCUT2D eigenvalue weighted by molar-refractivity contribution is -0.147. The minimum atomic E-state index is -0.540. The van der Waals surface area contributed by atoms with Gasteiger partial charge < -0.3 is 9.47 Å². The number of hydrogen-bond acceptors (Lipinski definition) is 6. The number of esters is 2. The predicted molar refractivity (Wildman–Crippen MR) is 90.2 cm³/mol. The first-order valence-electron chi connectivity index (χ1n) is 8.09. The molecule has 0 spiro atoms. The average molecular weight is 342 g/mol. The third kappa shape index (κ3) is 14.4. The molecule has 0 aromatic carbocycles. The minimum absolute atomic E-state index is 0.0988. The molecule has 0 saturated carbocycles. The zero-order valence-corrected chi connectivity index (χ0v) is 14.6. The quantitative estimate of drug-likeness (QED) is 0.382. The van der Waals surface area contributed by atoms with Gasteiger partial charge in [-0.2, -0.15) is 10.5 Å². The number of nitrogens with zero attached hydrogens (tertiary/aromatic N) is 2. The van der Waals surface area contributed by atoms with Gasteiger partial charge in [0.25, 0.3) is 0 Å². The van der Waals surface area contributed by atoms with Gasteiger partial charge in [-0.05, 0) is 20.3 Å². The second-order valence-electron chi connectivity index (χ2n) is 5.08. The lowest BCUT2D eigenvalue weighted by Crippen LogP contribution is -2.15. The number of ether oxygens (including phenoxy) is 2. The maximum absolute atomic E-state index is 11.6. The Kier molecular flexibility index (Phi) is 12.9. The fraction of sp³-hybridized carbons (Fsp3) is 0.579. The van der Waals surface area contributed by atoms with Gasteiger partial charge in [0, 0.05) is 38.5 Å². The molecule has 0 saturated heterocycles. The van der Waals surface area contributed by atoms with Gasteiger partial charge in [0.1, 0.15) is 0 Å². The summed E-state index contributed by atoms with van der Waals surface area (Å²) in [6.07, 6.45) is 1.02. The zero-order chi connectivity index (χ0) is 18.9. The maximum atomic E-state index is 11.6. The monoisotopic (exact) mass is 342 g/mol. The summed E-state index contributed by atoms with van der Waals surface area (Å²) in [6, 6.07) is 3.95. The van der Waals surface area contributed by atoms with E-state index < -0.39 is 24.1 Å². The van der Waals surface area contributed by atoms with E-state index in [1.54, 1.807) is 13.8 Å². The van der Waals surface area contributed by atoms with Crippen molar-refractivity contribution < 1.29 is 19.1 Å². The lowest BCUT2D eigenvalue weighted by Gasteiger charge is -2.08. The Morgan fingerprint density at radius 3 is 1.56 bits per heavy atom. The molecule has 25 heavy (non-hydrogen) atoms. The van der Waals surface area contributed by atoms with E-state index in [9.17, 15) is 9.59 Å². The van der Waals surface area contributed by atoms with Gasteiger partial charge in [-0.15, -0.1) is 0 Å². The van der Waals surface area contributed by atoms with Gasteiger partial charge in [-0.1, -0.05) is 23.7 Å². The van der Waals surface area contributed by atoms with Crippen LogP contribution in [-0.2, 0) is 19.1 Å². The number of hydrogen-bond donors (Lipinski definition) is 0. The summed E-state index contributed by atoms with van der Waals surface area (Å²) in [5.41, 5.74) is 0. The van der Waals surface area contributed by atoms with Crippen molar-refractivity contribution in [3.8, 4) is 35.8 Å². The summed E-state index contributed by atoms with van der Waals surface area (Å²) >= 11 is 0. The second kappa shape index (κ2) is 14.6. The van der Waals surface area contributed by atoms with Gasteiger partial charge in [-0.25, -0.2) is 0 Å². The summed E-state index contributed by atoms with van der Waals surface area (Å²) in [6.45, 7) is 3.30. The molecule has 132 valence electrons. The molecular weight excluding hydrogens is 320 g/mol. The Morgan fingerprint density at radius 1 is 0.800 bits per heavy atom. The fourth-order valence-corrected chi connectivity index (χ4v) is 1.62. The number of carbonyl (C=O) groups is 2. The highest BCUT2D eigenvalue weighted by atomic mass is 16.5. The molecule has 6 heteroatoms. The fourth-order valence-electron chi connectivity index (χ4n) is 1.62. The van der Waals surface area contributed by atoms with E-state index in [1.807, 2.05) is 12.1 Å². The van der Waals surface area contributed by atoms with Crippen molar-refractivity contribution in [1.29, 1.82) is 10.5 Å². The number of carbonyl (C=O) groups excluding carboxylic acids is 2. The van der Waals surface area contributed by atoms with Gasteiger partial charge in [0.05, 0.1) is 12.1 Å². The Bertz CT molecular complexity index is 579. The summed E-state index contributed by atoms with van der Waals surface area (Å²) in [7, 11) is 0. The van der Waals surface area contributed by atoms with Crippen LogP contribution in [0.2, 0.25) is 0 Å². The van der Waals surface area contributed by atoms with Crippen molar-refractivity contribution in [2.45, 2.75) is 71.0 Å². The Morgan fingerprint density at radius 2 is 1.20 bits per heavy atom. The highest BCUT2D eigenvalue weighted by Crippen LogP contribution is 2.03. The molecule has 0 bridgehead atoms. The molecule has 0 radical (unpaired) electrons. The van der Waals surface area contributed by atoms with Crippen molar-refractivity contribution in [3.63, 3.8) is 0 Å². The van der Waals surface area contributed by atoms with Crippen LogP contribution < -0.4 is 0 Å². The zero-order valence-electron chi connectivity index (χ0n) is 14.6. The predicted octanol–water partition coefficient (Wildman–Crippen LogP) is 2.63. The van der Waals surface area contributed by atoms with E-state index >= 15 is 0 Å². The second-order valence-corrected chi connectivity index (χ2v) is 5.08. The molecule has 0 fully saturated rings. The first kappa shape index (κ1) is 22.0. The molecule has 0 aliphatic rings. The third-order valence-electron chi connectivity index (χ3n) is 2.71. The molecule has 0 N–H and O–H groups in total. The number of rotatable bonds is 8.